The van der Waals surface area contributed by atoms with E-state index in [2.05, 4.69) is 21.8 Å². The summed E-state index contributed by atoms with van der Waals surface area (Å²) in [7, 11) is 0. The van der Waals surface area contributed by atoms with Crippen LogP contribution in [0.4, 0.5) is 5.82 Å². The highest BCUT2D eigenvalue weighted by Crippen LogP contribution is 2.43. The summed E-state index contributed by atoms with van der Waals surface area (Å²) in [5.41, 5.74) is 8.59. The van der Waals surface area contributed by atoms with E-state index in [-0.39, 0.29) is 11.9 Å². The lowest BCUT2D eigenvalue weighted by atomic mass is 10.1. The van der Waals surface area contributed by atoms with Crippen molar-refractivity contribution in [3.8, 4) is 0 Å². The first-order chi connectivity index (χ1) is 15.6. The number of ether oxygens (including phenoxy) is 1. The summed E-state index contributed by atoms with van der Waals surface area (Å²) >= 11 is 0. The number of aromatic amines is 1. The van der Waals surface area contributed by atoms with Gasteiger partial charge < -0.3 is 15.5 Å². The van der Waals surface area contributed by atoms with Gasteiger partial charge in [0, 0.05) is 48.2 Å². The number of para-hydroxylation sites is 1. The molecule has 3 heterocycles. The number of carbonyl (C=O) groups is 1. The second-order valence-corrected chi connectivity index (χ2v) is 9.48. The van der Waals surface area contributed by atoms with E-state index in [1.165, 1.54) is 6.42 Å². The van der Waals surface area contributed by atoms with Crippen LogP contribution in [0.1, 0.15) is 54.8 Å². The fraction of sp³-hybridized carbons (Fsp3) is 0.462. The average molecular weight is 433 g/mol. The van der Waals surface area contributed by atoms with Crippen molar-refractivity contribution in [2.45, 2.75) is 44.8 Å². The molecule has 0 bridgehead atoms. The standard InChI is InChI=1S/C26H32N4O2/c1-17-16-32-25(20-9-10-26(27)28-13-20)15-30(17)14-21-11-18(21)6-4-8-24(31)23-12-19-5-2-3-7-22(19)29-23/h2-3,5,7,9-10,12-13,17-18,21,25,29H,4,6,8,11,14-16H2,1H3,(H2,27,28)/t17-,18-,21+,25+/m0/s1. The number of nitrogens with zero attached hydrogens (tertiary/aromatic N) is 2. The molecule has 1 aliphatic heterocycles. The highest BCUT2D eigenvalue weighted by molar-refractivity contribution is 5.99. The number of anilines is 1. The minimum Gasteiger partial charge on any atom is -0.384 e. The Kier molecular flexibility index (Phi) is 5.98. The largest absolute Gasteiger partial charge is 0.384 e. The van der Waals surface area contributed by atoms with E-state index in [4.69, 9.17) is 10.5 Å². The number of benzene rings is 1. The van der Waals surface area contributed by atoms with Crippen molar-refractivity contribution in [2.75, 3.05) is 25.4 Å². The number of nitrogens with two attached hydrogens (primary N) is 1. The number of carbonyl (C=O) groups excluding carboxylic acids is 1. The summed E-state index contributed by atoms with van der Waals surface area (Å²) in [5, 5.41) is 1.10. The SMILES string of the molecule is C[C@H]1CO[C@@H](c2ccc(N)nc2)CN1C[C@H]1C[C@@H]1CCCC(=O)c1cc2ccccc2[nH]1. The molecule has 2 aromatic heterocycles. The zero-order chi connectivity index (χ0) is 22.1. The van der Waals surface area contributed by atoms with Crippen molar-refractivity contribution < 1.29 is 9.53 Å². The molecular formula is C26H32N4O2. The highest BCUT2D eigenvalue weighted by atomic mass is 16.5. The molecule has 3 aromatic rings. The van der Waals surface area contributed by atoms with Crippen LogP contribution in [-0.2, 0) is 4.74 Å². The smallest absolute Gasteiger partial charge is 0.179 e. The number of pyridine rings is 1. The molecule has 4 atom stereocenters. The summed E-state index contributed by atoms with van der Waals surface area (Å²) in [6.07, 6.45) is 5.90. The first-order valence-corrected chi connectivity index (χ1v) is 11.7. The van der Waals surface area contributed by atoms with Gasteiger partial charge in [-0.1, -0.05) is 24.3 Å². The van der Waals surface area contributed by atoms with Crippen molar-refractivity contribution in [3.05, 3.63) is 59.9 Å². The Morgan fingerprint density at radius 1 is 1.25 bits per heavy atom. The van der Waals surface area contributed by atoms with E-state index >= 15 is 0 Å². The van der Waals surface area contributed by atoms with Gasteiger partial charge in [-0.2, -0.15) is 0 Å². The van der Waals surface area contributed by atoms with Crippen LogP contribution >= 0.6 is 0 Å². The number of morpholine rings is 1. The van der Waals surface area contributed by atoms with Crippen LogP contribution in [0.5, 0.6) is 0 Å². The van der Waals surface area contributed by atoms with E-state index in [9.17, 15) is 4.79 Å². The number of fused-ring (bicyclic) bond motifs is 1. The number of aromatic nitrogens is 2. The molecule has 1 saturated heterocycles. The van der Waals surface area contributed by atoms with Gasteiger partial charge in [0.15, 0.2) is 5.78 Å². The lowest BCUT2D eigenvalue weighted by Gasteiger charge is -2.38. The Balaban J connectivity index is 1.07. The van der Waals surface area contributed by atoms with E-state index in [0.717, 1.165) is 66.5 Å². The predicted octanol–water partition coefficient (Wildman–Crippen LogP) is 4.60. The summed E-state index contributed by atoms with van der Waals surface area (Å²) < 4.78 is 6.07. The van der Waals surface area contributed by atoms with Gasteiger partial charge >= 0.3 is 0 Å². The Hall–Kier alpha value is -2.70. The number of hydrogen-bond donors (Lipinski definition) is 2. The van der Waals surface area contributed by atoms with E-state index < -0.39 is 0 Å². The van der Waals surface area contributed by atoms with Crippen LogP contribution in [-0.4, -0.2) is 46.4 Å². The van der Waals surface area contributed by atoms with E-state index in [1.54, 1.807) is 0 Å². The monoisotopic (exact) mass is 432 g/mol. The zero-order valence-corrected chi connectivity index (χ0v) is 18.7. The molecule has 3 N–H and O–H groups in total. The Morgan fingerprint density at radius 3 is 2.94 bits per heavy atom. The molecule has 1 saturated carbocycles. The van der Waals surface area contributed by atoms with Gasteiger partial charge in [-0.05, 0) is 56.2 Å². The molecule has 0 amide bonds. The summed E-state index contributed by atoms with van der Waals surface area (Å²) in [4.78, 5) is 22.6. The third kappa shape index (κ3) is 4.71. The van der Waals surface area contributed by atoms with E-state index in [0.29, 0.717) is 18.3 Å². The second kappa shape index (κ2) is 9.04. The topological polar surface area (TPSA) is 84.2 Å². The Morgan fingerprint density at radius 2 is 2.12 bits per heavy atom. The van der Waals surface area contributed by atoms with Crippen LogP contribution in [0.2, 0.25) is 0 Å². The first kappa shape index (κ1) is 21.2. The summed E-state index contributed by atoms with van der Waals surface area (Å²) in [6.45, 7) is 5.00. The van der Waals surface area contributed by atoms with Gasteiger partial charge in [-0.15, -0.1) is 0 Å². The van der Waals surface area contributed by atoms with Crippen LogP contribution in [0.3, 0.4) is 0 Å². The van der Waals surface area contributed by atoms with Gasteiger partial charge in [0.1, 0.15) is 5.82 Å². The van der Waals surface area contributed by atoms with Gasteiger partial charge in [-0.3, -0.25) is 9.69 Å². The lowest BCUT2D eigenvalue weighted by molar-refractivity contribution is -0.0619. The normalized spacial score (nSPS) is 25.8. The van der Waals surface area contributed by atoms with Crippen LogP contribution < -0.4 is 5.73 Å². The van der Waals surface area contributed by atoms with Crippen LogP contribution in [0.15, 0.2) is 48.7 Å². The fourth-order valence-electron chi connectivity index (χ4n) is 4.94. The van der Waals surface area contributed by atoms with Crippen molar-refractivity contribution in [1.29, 1.82) is 0 Å². The minimum absolute atomic E-state index is 0.0606. The molecule has 6 nitrogen and oxygen atoms in total. The molecule has 32 heavy (non-hydrogen) atoms. The maximum atomic E-state index is 12.6. The molecule has 6 heteroatoms. The molecule has 0 spiro atoms. The predicted molar refractivity (Wildman–Crippen MR) is 126 cm³/mol. The first-order valence-electron chi connectivity index (χ1n) is 11.7. The third-order valence-corrected chi connectivity index (χ3v) is 7.09. The molecule has 2 fully saturated rings. The number of hydrogen-bond acceptors (Lipinski definition) is 5. The molecule has 5 rings (SSSR count). The summed E-state index contributed by atoms with van der Waals surface area (Å²) in [6, 6.07) is 14.3. The highest BCUT2D eigenvalue weighted by Gasteiger charge is 2.39. The molecule has 1 aliphatic carbocycles. The number of H-pyrrole nitrogens is 1. The van der Waals surface area contributed by atoms with Crippen molar-refractivity contribution >= 4 is 22.5 Å². The molecule has 2 aliphatic rings. The second-order valence-electron chi connectivity index (χ2n) is 9.48. The number of nitrogens with one attached hydrogen (secondary N) is 1. The van der Waals surface area contributed by atoms with E-state index in [1.807, 2.05) is 48.7 Å². The van der Waals surface area contributed by atoms with Crippen LogP contribution in [0.25, 0.3) is 10.9 Å². The molecule has 1 aromatic carbocycles. The summed E-state index contributed by atoms with van der Waals surface area (Å²) in [5.74, 6) is 2.25. The molecule has 168 valence electrons. The van der Waals surface area contributed by atoms with Crippen molar-refractivity contribution in [3.63, 3.8) is 0 Å². The lowest BCUT2D eigenvalue weighted by Crippen LogP contribution is -2.46. The maximum absolute atomic E-state index is 12.6. The zero-order valence-electron chi connectivity index (χ0n) is 18.7. The maximum Gasteiger partial charge on any atom is 0.179 e. The third-order valence-electron chi connectivity index (χ3n) is 7.09. The number of ketones is 1. The fourth-order valence-corrected chi connectivity index (χ4v) is 4.94. The number of nitrogen functional groups attached to an aromatic ring is 1. The van der Waals surface area contributed by atoms with Gasteiger partial charge in [0.25, 0.3) is 0 Å². The molecule has 0 unspecified atom stereocenters. The quantitative estimate of drug-likeness (QED) is 0.509. The minimum atomic E-state index is 0.0606. The van der Waals surface area contributed by atoms with Gasteiger partial charge in [-0.25, -0.2) is 4.98 Å². The molecule has 0 radical (unpaired) electrons. The molecular weight excluding hydrogens is 400 g/mol. The number of Topliss-reactive ketones (excluding diaryl/α,β-unsaturated/α-hetero) is 1. The Labute approximate surface area is 189 Å². The van der Waals surface area contributed by atoms with Crippen molar-refractivity contribution in [1.82, 2.24) is 14.9 Å². The Bertz CT molecular complexity index is 1040. The van der Waals surface area contributed by atoms with Crippen LogP contribution in [0, 0.1) is 11.8 Å². The number of rotatable bonds is 8. The van der Waals surface area contributed by atoms with Gasteiger partial charge in [0.2, 0.25) is 0 Å². The van der Waals surface area contributed by atoms with Gasteiger partial charge in [0.05, 0.1) is 18.4 Å². The van der Waals surface area contributed by atoms with Crippen molar-refractivity contribution in [2.24, 2.45) is 11.8 Å². The average Bonchev–Trinajstić information content (AvgIpc) is 3.38.